The van der Waals surface area contributed by atoms with E-state index in [9.17, 15) is 0 Å². The number of ether oxygens (including phenoxy) is 2. The zero-order valence-corrected chi connectivity index (χ0v) is 13.1. The summed E-state index contributed by atoms with van der Waals surface area (Å²) in [5.41, 5.74) is 1.01. The van der Waals surface area contributed by atoms with Gasteiger partial charge in [0.1, 0.15) is 29.9 Å². The number of hydrogen-bond donors (Lipinski definition) is 0. The van der Waals surface area contributed by atoms with E-state index in [1.165, 1.54) is 0 Å². The molecule has 2 aromatic rings. The van der Waals surface area contributed by atoms with Crippen LogP contribution in [0.4, 0.5) is 0 Å². The lowest BCUT2D eigenvalue weighted by atomic mass is 10.1. The Kier molecular flexibility index (Phi) is 5.37. The number of benzene rings is 1. The molecule has 0 aliphatic heterocycles. The molecule has 6 nitrogen and oxygen atoms in total. The molecular formula is C16H20N4O2. The van der Waals surface area contributed by atoms with E-state index in [1.54, 1.807) is 17.9 Å². The van der Waals surface area contributed by atoms with Gasteiger partial charge in [-0.2, -0.15) is 5.26 Å². The number of methoxy groups -OCH3 is 1. The van der Waals surface area contributed by atoms with E-state index in [-0.39, 0.29) is 6.61 Å². The summed E-state index contributed by atoms with van der Waals surface area (Å²) < 4.78 is 12.7. The number of aryl methyl sites for hydroxylation is 1. The summed E-state index contributed by atoms with van der Waals surface area (Å²) in [7, 11) is 1.61. The molecule has 0 radical (unpaired) electrons. The molecule has 0 spiro atoms. The molecule has 1 aromatic carbocycles. The molecule has 0 unspecified atom stereocenters. The largest absolute Gasteiger partial charge is 0.497 e. The zero-order chi connectivity index (χ0) is 15.9. The number of rotatable bonds is 7. The van der Waals surface area contributed by atoms with Gasteiger partial charge in [-0.25, -0.2) is 4.68 Å². The summed E-state index contributed by atoms with van der Waals surface area (Å²) in [6, 6.07) is 9.41. The Bertz CT molecular complexity index is 658. The molecule has 0 N–H and O–H groups in total. The van der Waals surface area contributed by atoms with Gasteiger partial charge in [-0.3, -0.25) is 0 Å². The van der Waals surface area contributed by atoms with E-state index in [1.807, 2.05) is 18.2 Å². The Morgan fingerprint density at radius 1 is 1.32 bits per heavy atom. The van der Waals surface area contributed by atoms with Crippen LogP contribution in [-0.4, -0.2) is 22.1 Å². The molecular weight excluding hydrogens is 280 g/mol. The highest BCUT2D eigenvalue weighted by atomic mass is 16.5. The average molecular weight is 300 g/mol. The topological polar surface area (TPSA) is 73.0 Å². The minimum atomic E-state index is 0.251. The Morgan fingerprint density at radius 2 is 2.09 bits per heavy atom. The van der Waals surface area contributed by atoms with Gasteiger partial charge in [0.15, 0.2) is 5.69 Å². The lowest BCUT2D eigenvalue weighted by molar-refractivity contribution is 0.287. The lowest BCUT2D eigenvalue weighted by Crippen LogP contribution is -2.10. The fraction of sp³-hybridized carbons (Fsp3) is 0.438. The van der Waals surface area contributed by atoms with Gasteiger partial charge >= 0.3 is 0 Å². The van der Waals surface area contributed by atoms with Crippen LogP contribution in [0, 0.1) is 17.2 Å². The van der Waals surface area contributed by atoms with Gasteiger partial charge in [-0.1, -0.05) is 25.1 Å². The van der Waals surface area contributed by atoms with Crippen molar-refractivity contribution in [1.29, 1.82) is 5.26 Å². The van der Waals surface area contributed by atoms with Crippen molar-refractivity contribution in [3.8, 4) is 17.6 Å². The van der Waals surface area contributed by atoms with Crippen LogP contribution >= 0.6 is 0 Å². The number of nitriles is 1. The third-order valence-electron chi connectivity index (χ3n) is 3.28. The predicted octanol–water partition coefficient (Wildman–Crippen LogP) is 2.78. The zero-order valence-electron chi connectivity index (χ0n) is 13.1. The van der Waals surface area contributed by atoms with Crippen molar-refractivity contribution in [3.63, 3.8) is 0 Å². The highest BCUT2D eigenvalue weighted by molar-refractivity contribution is 5.33. The first-order chi connectivity index (χ1) is 10.6. The molecule has 0 fully saturated rings. The van der Waals surface area contributed by atoms with Gasteiger partial charge in [-0.15, -0.1) is 5.10 Å². The second kappa shape index (κ2) is 7.46. The quantitative estimate of drug-likeness (QED) is 0.786. The van der Waals surface area contributed by atoms with Crippen molar-refractivity contribution < 1.29 is 9.47 Å². The molecule has 0 aliphatic rings. The third kappa shape index (κ3) is 3.98. The predicted molar refractivity (Wildman–Crippen MR) is 81.5 cm³/mol. The second-order valence-corrected chi connectivity index (χ2v) is 5.37. The summed E-state index contributed by atoms with van der Waals surface area (Å²) in [5, 5.41) is 17.1. The highest BCUT2D eigenvalue weighted by Crippen LogP contribution is 2.20. The van der Waals surface area contributed by atoms with Crippen LogP contribution in [0.1, 0.15) is 31.7 Å². The summed E-state index contributed by atoms with van der Waals surface area (Å²) in [6.45, 7) is 5.27. The van der Waals surface area contributed by atoms with Gasteiger partial charge in [0.25, 0.3) is 0 Å². The van der Waals surface area contributed by atoms with Crippen LogP contribution < -0.4 is 9.47 Å². The number of nitrogens with zero attached hydrogens (tertiary/aromatic N) is 4. The Labute approximate surface area is 130 Å². The maximum absolute atomic E-state index is 9.15. The molecule has 0 saturated heterocycles. The van der Waals surface area contributed by atoms with Crippen molar-refractivity contribution >= 4 is 0 Å². The molecule has 0 amide bonds. The van der Waals surface area contributed by atoms with Crippen molar-refractivity contribution in [2.75, 3.05) is 7.11 Å². The van der Waals surface area contributed by atoms with E-state index < -0.39 is 0 Å². The van der Waals surface area contributed by atoms with Crippen molar-refractivity contribution in [1.82, 2.24) is 15.0 Å². The van der Waals surface area contributed by atoms with Gasteiger partial charge in [0.2, 0.25) is 0 Å². The molecule has 22 heavy (non-hydrogen) atoms. The first-order valence-electron chi connectivity index (χ1n) is 7.23. The summed E-state index contributed by atoms with van der Waals surface area (Å²) in [4.78, 5) is 0. The molecule has 1 heterocycles. The number of hydrogen-bond acceptors (Lipinski definition) is 5. The van der Waals surface area contributed by atoms with E-state index in [2.05, 4.69) is 30.2 Å². The molecule has 0 aliphatic carbocycles. The van der Waals surface area contributed by atoms with Crippen LogP contribution in [0.2, 0.25) is 0 Å². The van der Waals surface area contributed by atoms with Gasteiger partial charge < -0.3 is 9.47 Å². The minimum absolute atomic E-state index is 0.251. The second-order valence-electron chi connectivity index (χ2n) is 5.37. The normalized spacial score (nSPS) is 10.5. The molecule has 1 aromatic heterocycles. The van der Waals surface area contributed by atoms with E-state index in [4.69, 9.17) is 14.7 Å². The van der Waals surface area contributed by atoms with Crippen LogP contribution in [0.5, 0.6) is 11.5 Å². The first-order valence-corrected chi connectivity index (χ1v) is 7.23. The van der Waals surface area contributed by atoms with Gasteiger partial charge in [0, 0.05) is 12.6 Å². The van der Waals surface area contributed by atoms with Gasteiger partial charge in [-0.05, 0) is 24.5 Å². The fourth-order valence-corrected chi connectivity index (χ4v) is 1.97. The van der Waals surface area contributed by atoms with E-state index in [0.29, 0.717) is 23.1 Å². The van der Waals surface area contributed by atoms with E-state index in [0.717, 1.165) is 18.7 Å². The average Bonchev–Trinajstić information content (AvgIpc) is 2.93. The monoisotopic (exact) mass is 300 g/mol. The van der Waals surface area contributed by atoms with Crippen molar-refractivity contribution in [2.45, 2.75) is 33.4 Å². The molecule has 0 atom stereocenters. The Balaban J connectivity index is 2.10. The Hall–Kier alpha value is -2.55. The Morgan fingerprint density at radius 3 is 2.77 bits per heavy atom. The summed E-state index contributed by atoms with van der Waals surface area (Å²) in [5.74, 6) is 1.96. The summed E-state index contributed by atoms with van der Waals surface area (Å²) >= 11 is 0. The van der Waals surface area contributed by atoms with Crippen LogP contribution in [0.3, 0.4) is 0 Å². The maximum Gasteiger partial charge on any atom is 0.189 e. The maximum atomic E-state index is 9.15. The van der Waals surface area contributed by atoms with Crippen LogP contribution in [0.25, 0.3) is 0 Å². The smallest absolute Gasteiger partial charge is 0.189 e. The standard InChI is InChI=1S/C16H20N4O2/c1-12(2)7-8-20-16(15(10-17)18-19-20)11-22-14-6-4-5-13(9-14)21-3/h4-6,9,12H,7-8,11H2,1-3H3. The summed E-state index contributed by atoms with van der Waals surface area (Å²) in [6.07, 6.45) is 0.973. The van der Waals surface area contributed by atoms with Gasteiger partial charge in [0.05, 0.1) is 7.11 Å². The minimum Gasteiger partial charge on any atom is -0.497 e. The molecule has 2 rings (SSSR count). The van der Waals surface area contributed by atoms with Crippen LogP contribution in [-0.2, 0) is 13.2 Å². The van der Waals surface area contributed by atoms with Crippen LogP contribution in [0.15, 0.2) is 24.3 Å². The highest BCUT2D eigenvalue weighted by Gasteiger charge is 2.13. The number of aromatic nitrogens is 3. The first kappa shape index (κ1) is 15.8. The SMILES string of the molecule is COc1cccc(OCc2c(C#N)nnn2CCC(C)C)c1. The van der Waals surface area contributed by atoms with E-state index >= 15 is 0 Å². The molecule has 0 bridgehead atoms. The molecule has 116 valence electrons. The third-order valence-corrected chi connectivity index (χ3v) is 3.28. The fourth-order valence-electron chi connectivity index (χ4n) is 1.97. The van der Waals surface area contributed by atoms with Crippen molar-refractivity contribution in [3.05, 3.63) is 35.7 Å². The molecule has 6 heteroatoms. The van der Waals surface area contributed by atoms with Crippen molar-refractivity contribution in [2.24, 2.45) is 5.92 Å². The lowest BCUT2D eigenvalue weighted by Gasteiger charge is -2.10. The molecule has 0 saturated carbocycles.